The molecule has 1 aromatic carbocycles. The average molecular weight is 308 g/mol. The third kappa shape index (κ3) is 4.48. The summed E-state index contributed by atoms with van der Waals surface area (Å²) in [5.74, 6) is 0.592. The van der Waals surface area contributed by atoms with Crippen LogP contribution in [0.25, 0.3) is 0 Å². The fraction of sp³-hybridized carbons (Fsp3) is 0.667. The summed E-state index contributed by atoms with van der Waals surface area (Å²) < 4.78 is 0. The maximum absolute atomic E-state index is 9.78. The highest BCUT2D eigenvalue weighted by molar-refractivity contribution is 8.00. The van der Waals surface area contributed by atoms with Gasteiger partial charge in [0.1, 0.15) is 0 Å². The fourth-order valence-corrected chi connectivity index (χ4v) is 4.63. The first-order valence-electron chi connectivity index (χ1n) is 8.21. The van der Waals surface area contributed by atoms with Gasteiger partial charge in [-0.2, -0.15) is 0 Å². The Morgan fingerprint density at radius 1 is 1.33 bits per heavy atom. The molecule has 0 amide bonds. The van der Waals surface area contributed by atoms with Gasteiger partial charge < -0.3 is 10.4 Å². The molecular weight excluding hydrogens is 278 g/mol. The zero-order valence-corrected chi connectivity index (χ0v) is 14.4. The van der Waals surface area contributed by atoms with Crippen LogP contribution in [0.2, 0.25) is 0 Å². The lowest BCUT2D eigenvalue weighted by Gasteiger charge is -2.40. The number of likely N-dealkylation sites (N-methyl/N-ethyl adjacent to an activating group) is 1. The Labute approximate surface area is 133 Å². The minimum Gasteiger partial charge on any atom is -0.394 e. The average Bonchev–Trinajstić information content (AvgIpc) is 2.48. The molecule has 1 aromatic rings. The molecule has 2 nitrogen and oxygen atoms in total. The number of benzene rings is 1. The van der Waals surface area contributed by atoms with E-state index in [0.29, 0.717) is 11.2 Å². The fourth-order valence-electron chi connectivity index (χ4n) is 3.27. The summed E-state index contributed by atoms with van der Waals surface area (Å²) in [5, 5.41) is 13.9. The number of aliphatic hydroxyl groups is 1. The molecule has 0 radical (unpaired) electrons. The minimum atomic E-state index is -0.0530. The molecule has 0 aliphatic heterocycles. The predicted octanol–water partition coefficient (Wildman–Crippen LogP) is 4.19. The molecule has 0 heterocycles. The van der Waals surface area contributed by atoms with Crippen molar-refractivity contribution >= 4 is 11.8 Å². The summed E-state index contributed by atoms with van der Waals surface area (Å²) >= 11 is 1.98. The van der Waals surface area contributed by atoms with Crippen LogP contribution < -0.4 is 5.32 Å². The van der Waals surface area contributed by atoms with Gasteiger partial charge in [0.2, 0.25) is 0 Å². The van der Waals surface area contributed by atoms with Crippen molar-refractivity contribution in [1.82, 2.24) is 5.32 Å². The summed E-state index contributed by atoms with van der Waals surface area (Å²) in [6.45, 7) is 7.77. The van der Waals surface area contributed by atoms with Crippen molar-refractivity contribution in [3.63, 3.8) is 0 Å². The molecule has 3 heteroatoms. The van der Waals surface area contributed by atoms with Crippen molar-refractivity contribution in [3.8, 4) is 0 Å². The number of thioether (sulfide) groups is 1. The van der Waals surface area contributed by atoms with Crippen LogP contribution in [0.5, 0.6) is 0 Å². The molecule has 2 rings (SSSR count). The molecule has 0 aromatic heterocycles. The molecule has 1 aliphatic rings. The second kappa shape index (κ2) is 7.66. The van der Waals surface area contributed by atoms with Gasteiger partial charge in [-0.25, -0.2) is 0 Å². The number of hydrogen-bond acceptors (Lipinski definition) is 3. The molecular formula is C18H29NOS. The summed E-state index contributed by atoms with van der Waals surface area (Å²) in [6, 6.07) is 9.00. The van der Waals surface area contributed by atoms with Gasteiger partial charge in [0.25, 0.3) is 0 Å². The molecule has 118 valence electrons. The van der Waals surface area contributed by atoms with Gasteiger partial charge in [-0.05, 0) is 49.4 Å². The van der Waals surface area contributed by atoms with E-state index in [1.807, 2.05) is 11.8 Å². The van der Waals surface area contributed by atoms with Gasteiger partial charge in [-0.3, -0.25) is 0 Å². The minimum absolute atomic E-state index is 0.0530. The molecule has 1 fully saturated rings. The summed E-state index contributed by atoms with van der Waals surface area (Å²) in [6.07, 6.45) is 4.62. The number of hydrogen-bond donors (Lipinski definition) is 2. The smallest absolute Gasteiger partial charge is 0.0613 e. The quantitative estimate of drug-likeness (QED) is 0.826. The molecule has 2 N–H and O–H groups in total. The lowest BCUT2D eigenvalue weighted by atomic mass is 9.82. The van der Waals surface area contributed by atoms with Crippen LogP contribution in [0.4, 0.5) is 0 Å². The normalized spacial score (nSPS) is 26.2. The Morgan fingerprint density at radius 2 is 2.05 bits per heavy atom. The first kappa shape index (κ1) is 16.9. The largest absolute Gasteiger partial charge is 0.394 e. The van der Waals surface area contributed by atoms with Crippen LogP contribution >= 0.6 is 11.8 Å². The van der Waals surface area contributed by atoms with E-state index < -0.39 is 0 Å². The SMILES string of the molecule is CCNC1(CO)CCCC(Sc2ccc(C(C)C)cc2)C1. The van der Waals surface area contributed by atoms with Crippen LogP contribution in [0.3, 0.4) is 0 Å². The number of nitrogens with one attached hydrogen (secondary N) is 1. The van der Waals surface area contributed by atoms with Crippen LogP contribution in [-0.4, -0.2) is 29.0 Å². The first-order valence-corrected chi connectivity index (χ1v) is 9.09. The zero-order chi connectivity index (χ0) is 15.3. The van der Waals surface area contributed by atoms with Crippen LogP contribution in [0, 0.1) is 0 Å². The Morgan fingerprint density at radius 3 is 2.62 bits per heavy atom. The van der Waals surface area contributed by atoms with E-state index in [-0.39, 0.29) is 12.1 Å². The standard InChI is InChI=1S/C18H29NOS/c1-4-19-18(13-20)11-5-6-17(12-18)21-16-9-7-15(8-10-16)14(2)3/h7-10,14,17,19-20H,4-6,11-13H2,1-3H3. The summed E-state index contributed by atoms with van der Waals surface area (Å²) in [5.41, 5.74) is 1.35. The van der Waals surface area contributed by atoms with E-state index in [9.17, 15) is 5.11 Å². The third-order valence-corrected chi connectivity index (χ3v) is 5.78. The van der Waals surface area contributed by atoms with E-state index >= 15 is 0 Å². The van der Waals surface area contributed by atoms with Crippen molar-refractivity contribution in [2.75, 3.05) is 13.2 Å². The topological polar surface area (TPSA) is 32.3 Å². The summed E-state index contributed by atoms with van der Waals surface area (Å²) in [7, 11) is 0. The maximum atomic E-state index is 9.78. The zero-order valence-electron chi connectivity index (χ0n) is 13.6. The van der Waals surface area contributed by atoms with Crippen molar-refractivity contribution in [2.24, 2.45) is 0 Å². The van der Waals surface area contributed by atoms with Gasteiger partial charge in [-0.1, -0.05) is 39.3 Å². The second-order valence-electron chi connectivity index (χ2n) is 6.53. The lowest BCUT2D eigenvalue weighted by molar-refractivity contribution is 0.125. The van der Waals surface area contributed by atoms with E-state index in [1.54, 1.807) is 0 Å². The highest BCUT2D eigenvalue weighted by atomic mass is 32.2. The van der Waals surface area contributed by atoms with Gasteiger partial charge in [0.05, 0.1) is 6.61 Å². The van der Waals surface area contributed by atoms with E-state index in [4.69, 9.17) is 0 Å². The lowest BCUT2D eigenvalue weighted by Crippen LogP contribution is -2.52. The Balaban J connectivity index is 1.98. The highest BCUT2D eigenvalue weighted by Crippen LogP contribution is 2.38. The monoisotopic (exact) mass is 307 g/mol. The molecule has 0 spiro atoms. The van der Waals surface area contributed by atoms with Gasteiger partial charge in [-0.15, -0.1) is 11.8 Å². The van der Waals surface area contributed by atoms with Gasteiger partial charge in [0.15, 0.2) is 0 Å². The predicted molar refractivity (Wildman–Crippen MR) is 92.1 cm³/mol. The summed E-state index contributed by atoms with van der Waals surface area (Å²) in [4.78, 5) is 1.36. The Hall–Kier alpha value is -0.510. The molecule has 1 saturated carbocycles. The Kier molecular flexibility index (Phi) is 6.15. The number of rotatable bonds is 6. The van der Waals surface area contributed by atoms with Crippen LogP contribution in [0.1, 0.15) is 57.9 Å². The first-order chi connectivity index (χ1) is 10.1. The van der Waals surface area contributed by atoms with Crippen molar-refractivity contribution in [3.05, 3.63) is 29.8 Å². The molecule has 1 aliphatic carbocycles. The molecule has 2 atom stereocenters. The van der Waals surface area contributed by atoms with Crippen LogP contribution in [-0.2, 0) is 0 Å². The van der Waals surface area contributed by atoms with Crippen molar-refractivity contribution < 1.29 is 5.11 Å². The highest BCUT2D eigenvalue weighted by Gasteiger charge is 2.35. The van der Waals surface area contributed by atoms with Crippen molar-refractivity contribution in [1.29, 1.82) is 0 Å². The van der Waals surface area contributed by atoms with Gasteiger partial charge in [0, 0.05) is 15.7 Å². The molecule has 2 unspecified atom stereocenters. The second-order valence-corrected chi connectivity index (χ2v) is 7.90. The third-order valence-electron chi connectivity index (χ3n) is 4.50. The Bertz CT molecular complexity index is 427. The molecule has 21 heavy (non-hydrogen) atoms. The van der Waals surface area contributed by atoms with Crippen molar-refractivity contribution in [2.45, 2.75) is 68.1 Å². The van der Waals surface area contributed by atoms with E-state index in [1.165, 1.54) is 23.3 Å². The molecule has 0 saturated heterocycles. The van der Waals surface area contributed by atoms with Gasteiger partial charge >= 0.3 is 0 Å². The van der Waals surface area contributed by atoms with E-state index in [2.05, 4.69) is 50.4 Å². The molecule has 0 bridgehead atoms. The maximum Gasteiger partial charge on any atom is 0.0613 e. The number of aliphatic hydroxyl groups excluding tert-OH is 1. The van der Waals surface area contributed by atoms with E-state index in [0.717, 1.165) is 19.4 Å². The van der Waals surface area contributed by atoms with Crippen LogP contribution in [0.15, 0.2) is 29.2 Å².